The van der Waals surface area contributed by atoms with Crippen molar-refractivity contribution in [1.29, 1.82) is 0 Å². The molecule has 0 aliphatic carbocycles. The smallest absolute Gasteiger partial charge is 0.253 e. The second kappa shape index (κ2) is 9.57. The number of nitrogens with one attached hydrogen (secondary N) is 1. The van der Waals surface area contributed by atoms with E-state index in [1.54, 1.807) is 6.92 Å². The molecule has 0 aromatic carbocycles. The third-order valence-electron chi connectivity index (χ3n) is 2.81. The molecule has 1 aliphatic rings. The van der Waals surface area contributed by atoms with E-state index in [0.29, 0.717) is 12.5 Å². The van der Waals surface area contributed by atoms with Crippen LogP contribution >= 0.6 is 0 Å². The summed E-state index contributed by atoms with van der Waals surface area (Å²) in [6, 6.07) is 0. The number of rotatable bonds is 9. The standard InChI is InChI=1S/C14H21N3O6/c1-3-22-10(2)16-23-9-11(18)8-15-12(19)6-7-17-13(20)4-5-14(17)21/h4-5,11,18H,3,6-9H2,1-2H3,(H,15,19). The van der Waals surface area contributed by atoms with Crippen LogP contribution in [0.15, 0.2) is 17.3 Å². The molecule has 0 bridgehead atoms. The Bertz CT molecular complexity index is 485. The Balaban J connectivity index is 2.16. The number of nitrogens with zero attached hydrogens (tertiary/aromatic N) is 2. The first-order valence-corrected chi connectivity index (χ1v) is 7.21. The van der Waals surface area contributed by atoms with E-state index in [2.05, 4.69) is 10.5 Å². The number of carbonyl (C=O) groups is 3. The van der Waals surface area contributed by atoms with Crippen LogP contribution < -0.4 is 5.32 Å². The summed E-state index contributed by atoms with van der Waals surface area (Å²) in [5.74, 6) is -0.902. The molecule has 3 amide bonds. The zero-order chi connectivity index (χ0) is 17.2. The van der Waals surface area contributed by atoms with Gasteiger partial charge in [0.05, 0.1) is 6.61 Å². The highest BCUT2D eigenvalue weighted by Crippen LogP contribution is 2.03. The number of hydrogen-bond donors (Lipinski definition) is 2. The van der Waals surface area contributed by atoms with Crippen LogP contribution in [0.25, 0.3) is 0 Å². The van der Waals surface area contributed by atoms with Crippen LogP contribution in [0.1, 0.15) is 20.3 Å². The van der Waals surface area contributed by atoms with Gasteiger partial charge in [-0.1, -0.05) is 5.16 Å². The lowest BCUT2D eigenvalue weighted by molar-refractivity contribution is -0.137. The fourth-order valence-corrected chi connectivity index (χ4v) is 1.69. The minimum Gasteiger partial charge on any atom is -0.479 e. The molecule has 1 heterocycles. The molecule has 0 aromatic rings. The van der Waals surface area contributed by atoms with Crippen molar-refractivity contribution in [3.8, 4) is 0 Å². The molecular formula is C14H21N3O6. The first-order valence-electron chi connectivity index (χ1n) is 7.21. The highest BCUT2D eigenvalue weighted by molar-refractivity contribution is 6.13. The first-order chi connectivity index (χ1) is 10.9. The fraction of sp³-hybridized carbons (Fsp3) is 0.571. The number of aliphatic hydroxyl groups is 1. The Morgan fingerprint density at radius 2 is 2.04 bits per heavy atom. The minimum absolute atomic E-state index is 0.000932. The zero-order valence-corrected chi connectivity index (χ0v) is 13.2. The molecule has 2 N–H and O–H groups in total. The average molecular weight is 327 g/mol. The summed E-state index contributed by atoms with van der Waals surface area (Å²) in [4.78, 5) is 40.0. The molecule has 1 unspecified atom stereocenters. The topological polar surface area (TPSA) is 118 Å². The molecule has 0 fully saturated rings. The Labute approximate surface area is 133 Å². The van der Waals surface area contributed by atoms with Crippen molar-refractivity contribution >= 4 is 23.6 Å². The maximum absolute atomic E-state index is 11.6. The summed E-state index contributed by atoms with van der Waals surface area (Å²) in [6.45, 7) is 3.77. The van der Waals surface area contributed by atoms with Crippen LogP contribution in [0.4, 0.5) is 0 Å². The Hall–Kier alpha value is -2.42. The van der Waals surface area contributed by atoms with Gasteiger partial charge in [-0.25, -0.2) is 0 Å². The minimum atomic E-state index is -0.936. The number of ether oxygens (including phenoxy) is 1. The fourth-order valence-electron chi connectivity index (χ4n) is 1.69. The molecule has 0 saturated carbocycles. The lowest BCUT2D eigenvalue weighted by Crippen LogP contribution is -2.38. The lowest BCUT2D eigenvalue weighted by Gasteiger charge is -2.14. The van der Waals surface area contributed by atoms with E-state index < -0.39 is 17.9 Å². The molecule has 23 heavy (non-hydrogen) atoms. The van der Waals surface area contributed by atoms with E-state index in [0.717, 1.165) is 17.1 Å². The van der Waals surface area contributed by atoms with Crippen molar-refractivity contribution in [3.05, 3.63) is 12.2 Å². The van der Waals surface area contributed by atoms with Crippen molar-refractivity contribution in [2.24, 2.45) is 5.16 Å². The van der Waals surface area contributed by atoms with Gasteiger partial charge >= 0.3 is 0 Å². The highest BCUT2D eigenvalue weighted by atomic mass is 16.7. The van der Waals surface area contributed by atoms with Gasteiger partial charge in [-0.05, 0) is 6.92 Å². The number of amides is 3. The number of aliphatic hydroxyl groups excluding tert-OH is 1. The van der Waals surface area contributed by atoms with Gasteiger partial charge in [0.15, 0.2) is 0 Å². The quantitative estimate of drug-likeness (QED) is 0.247. The maximum Gasteiger partial charge on any atom is 0.253 e. The van der Waals surface area contributed by atoms with Crippen LogP contribution in [0.5, 0.6) is 0 Å². The summed E-state index contributed by atoms with van der Waals surface area (Å²) >= 11 is 0. The predicted molar refractivity (Wildman–Crippen MR) is 80.2 cm³/mol. The van der Waals surface area contributed by atoms with Crippen molar-refractivity contribution in [1.82, 2.24) is 10.2 Å². The summed E-state index contributed by atoms with van der Waals surface area (Å²) in [7, 11) is 0. The van der Waals surface area contributed by atoms with Gasteiger partial charge in [-0.3, -0.25) is 19.3 Å². The van der Waals surface area contributed by atoms with Crippen molar-refractivity contribution in [3.63, 3.8) is 0 Å². The van der Waals surface area contributed by atoms with Gasteiger partial charge in [0.25, 0.3) is 11.8 Å². The molecule has 9 nitrogen and oxygen atoms in total. The number of carbonyl (C=O) groups excluding carboxylic acids is 3. The molecule has 1 rings (SSSR count). The molecule has 9 heteroatoms. The SMILES string of the molecule is CCOC(C)=NOCC(O)CNC(=O)CCN1C(=O)C=CC1=O. The summed E-state index contributed by atoms with van der Waals surface area (Å²) < 4.78 is 5.03. The van der Waals surface area contributed by atoms with Crippen LogP contribution in [0.2, 0.25) is 0 Å². The van der Waals surface area contributed by atoms with E-state index in [1.165, 1.54) is 0 Å². The van der Waals surface area contributed by atoms with Crippen LogP contribution in [0.3, 0.4) is 0 Å². The molecule has 128 valence electrons. The van der Waals surface area contributed by atoms with Gasteiger partial charge in [0, 0.05) is 38.6 Å². The number of hydrogen-bond acceptors (Lipinski definition) is 7. The molecular weight excluding hydrogens is 306 g/mol. The molecule has 0 spiro atoms. The van der Waals surface area contributed by atoms with Gasteiger partial charge in [-0.15, -0.1) is 0 Å². The third kappa shape index (κ3) is 6.92. The van der Waals surface area contributed by atoms with Crippen LogP contribution in [-0.4, -0.2) is 66.0 Å². The molecule has 0 radical (unpaired) electrons. The van der Waals surface area contributed by atoms with E-state index in [-0.39, 0.29) is 32.0 Å². The largest absolute Gasteiger partial charge is 0.479 e. The molecule has 1 aliphatic heterocycles. The van der Waals surface area contributed by atoms with Crippen LogP contribution in [-0.2, 0) is 24.0 Å². The maximum atomic E-state index is 11.6. The van der Waals surface area contributed by atoms with Gasteiger partial charge in [0.1, 0.15) is 12.7 Å². The normalized spacial score (nSPS) is 15.8. The second-order valence-electron chi connectivity index (χ2n) is 4.71. The molecule has 0 aromatic heterocycles. The zero-order valence-electron chi connectivity index (χ0n) is 13.2. The van der Waals surface area contributed by atoms with E-state index >= 15 is 0 Å². The number of imide groups is 1. The Morgan fingerprint density at radius 1 is 1.39 bits per heavy atom. The number of oxime groups is 1. The third-order valence-corrected chi connectivity index (χ3v) is 2.81. The predicted octanol–water partition coefficient (Wildman–Crippen LogP) is -0.835. The summed E-state index contributed by atoms with van der Waals surface area (Å²) in [6.07, 6.45) is 1.35. The van der Waals surface area contributed by atoms with Crippen LogP contribution in [0, 0.1) is 0 Å². The molecule has 0 saturated heterocycles. The van der Waals surface area contributed by atoms with Gasteiger partial charge < -0.3 is 20.0 Å². The van der Waals surface area contributed by atoms with E-state index in [1.807, 2.05) is 6.92 Å². The van der Waals surface area contributed by atoms with Crippen molar-refractivity contribution in [2.75, 3.05) is 26.3 Å². The highest BCUT2D eigenvalue weighted by Gasteiger charge is 2.23. The van der Waals surface area contributed by atoms with Gasteiger partial charge in [0.2, 0.25) is 11.8 Å². The second-order valence-corrected chi connectivity index (χ2v) is 4.71. The first kappa shape index (κ1) is 18.6. The van der Waals surface area contributed by atoms with Gasteiger partial charge in [-0.2, -0.15) is 0 Å². The Kier molecular flexibility index (Phi) is 7.75. The average Bonchev–Trinajstić information content (AvgIpc) is 2.82. The summed E-state index contributed by atoms with van der Waals surface area (Å²) in [5.41, 5.74) is 0. The van der Waals surface area contributed by atoms with Crippen molar-refractivity contribution < 1.29 is 29.1 Å². The lowest BCUT2D eigenvalue weighted by atomic mass is 10.3. The van der Waals surface area contributed by atoms with Crippen molar-refractivity contribution in [2.45, 2.75) is 26.4 Å². The van der Waals surface area contributed by atoms with E-state index in [4.69, 9.17) is 9.57 Å². The Morgan fingerprint density at radius 3 is 2.65 bits per heavy atom. The summed E-state index contributed by atoms with van der Waals surface area (Å²) in [5, 5.41) is 15.7. The van der Waals surface area contributed by atoms with E-state index in [9.17, 15) is 19.5 Å². The monoisotopic (exact) mass is 327 g/mol. The molecule has 1 atom stereocenters.